The number of pyridine rings is 1. The number of nitrogens with one attached hydrogen (secondary N) is 1. The number of nitriles is 1. The van der Waals surface area contributed by atoms with Crippen LogP contribution in [0.1, 0.15) is 35.7 Å². The predicted octanol–water partition coefficient (Wildman–Crippen LogP) is 3.17. The van der Waals surface area contributed by atoms with Crippen LogP contribution in [0.5, 0.6) is 5.88 Å². The van der Waals surface area contributed by atoms with Crippen molar-refractivity contribution in [1.29, 1.82) is 5.26 Å². The molecular formula is C24H23N7O2. The Morgan fingerprint density at radius 1 is 1.30 bits per heavy atom. The van der Waals surface area contributed by atoms with Crippen molar-refractivity contribution >= 4 is 11.5 Å². The van der Waals surface area contributed by atoms with Gasteiger partial charge < -0.3 is 15.0 Å². The van der Waals surface area contributed by atoms with Crippen LogP contribution in [0, 0.1) is 11.3 Å². The maximum atomic E-state index is 12.4. The van der Waals surface area contributed by atoms with E-state index in [1.54, 1.807) is 36.9 Å². The summed E-state index contributed by atoms with van der Waals surface area (Å²) in [5.41, 5.74) is 3.38. The van der Waals surface area contributed by atoms with Gasteiger partial charge in [0, 0.05) is 37.3 Å². The number of allylic oxidation sites excluding steroid dienone is 6. The van der Waals surface area contributed by atoms with Gasteiger partial charge in [-0.05, 0) is 43.5 Å². The molecule has 4 rings (SSSR count). The van der Waals surface area contributed by atoms with Gasteiger partial charge in [0.05, 0.1) is 29.7 Å². The van der Waals surface area contributed by atoms with Gasteiger partial charge in [0.1, 0.15) is 0 Å². The molecule has 0 spiro atoms. The average Bonchev–Trinajstić information content (AvgIpc) is 3.44. The number of imidazole rings is 1. The first-order chi connectivity index (χ1) is 16.1. The van der Waals surface area contributed by atoms with E-state index in [1.165, 1.54) is 10.9 Å². The largest absolute Gasteiger partial charge is 0.493 e. The quantitative estimate of drug-likeness (QED) is 0.543. The molecule has 0 unspecified atom stereocenters. The molecule has 2 N–H and O–H groups in total. The predicted molar refractivity (Wildman–Crippen MR) is 122 cm³/mol. The van der Waals surface area contributed by atoms with Crippen molar-refractivity contribution in [2.45, 2.75) is 26.3 Å². The highest BCUT2D eigenvalue weighted by molar-refractivity contribution is 5.93. The number of carbonyl (C=O) groups is 1. The van der Waals surface area contributed by atoms with Crippen molar-refractivity contribution in [3.05, 3.63) is 83.7 Å². The van der Waals surface area contributed by atoms with Crippen molar-refractivity contribution < 1.29 is 9.90 Å². The lowest BCUT2D eigenvalue weighted by Gasteiger charge is -2.08. The second-order valence-electron chi connectivity index (χ2n) is 7.61. The summed E-state index contributed by atoms with van der Waals surface area (Å²) in [6, 6.07) is 5.42. The maximum Gasteiger partial charge on any atom is 0.252 e. The lowest BCUT2D eigenvalue weighted by molar-refractivity contribution is 0.0952. The van der Waals surface area contributed by atoms with Crippen molar-refractivity contribution in [2.75, 3.05) is 6.54 Å². The summed E-state index contributed by atoms with van der Waals surface area (Å²) < 4.78 is 3.27. The summed E-state index contributed by atoms with van der Waals surface area (Å²) in [7, 11) is 0. The fraction of sp³-hybridized carbons (Fsp3) is 0.208. The Hall–Kier alpha value is -4.45. The molecule has 9 heteroatoms. The molecule has 0 atom stereocenters. The van der Waals surface area contributed by atoms with E-state index in [0.717, 1.165) is 24.1 Å². The molecule has 0 saturated heterocycles. The molecule has 3 aromatic heterocycles. The van der Waals surface area contributed by atoms with Gasteiger partial charge in [-0.2, -0.15) is 15.0 Å². The van der Waals surface area contributed by atoms with Gasteiger partial charge in [-0.3, -0.25) is 4.79 Å². The van der Waals surface area contributed by atoms with Crippen LogP contribution in [0.2, 0.25) is 0 Å². The fourth-order valence-electron chi connectivity index (χ4n) is 3.49. The molecule has 3 heterocycles. The van der Waals surface area contributed by atoms with E-state index < -0.39 is 0 Å². The summed E-state index contributed by atoms with van der Waals surface area (Å²) >= 11 is 0. The lowest BCUT2D eigenvalue weighted by atomic mass is 10.0. The van der Waals surface area contributed by atoms with E-state index in [1.807, 2.05) is 29.8 Å². The third-order valence-corrected chi connectivity index (χ3v) is 5.35. The van der Waals surface area contributed by atoms with Crippen LogP contribution < -0.4 is 5.32 Å². The van der Waals surface area contributed by atoms with Crippen LogP contribution in [-0.2, 0) is 6.54 Å². The van der Waals surface area contributed by atoms with Crippen LogP contribution in [0.4, 0.5) is 0 Å². The van der Waals surface area contributed by atoms with E-state index in [-0.39, 0.29) is 11.8 Å². The van der Waals surface area contributed by atoms with Gasteiger partial charge in [-0.25, -0.2) is 9.97 Å². The molecule has 3 aromatic rings. The Morgan fingerprint density at radius 2 is 2.18 bits per heavy atom. The molecule has 1 amide bonds. The SMILES string of the molecule is CC1=C(c2cnn(-c3ccc(C(=O)NCCCn4ccnc4)cn3)c2O)C=CC(C#N)=CC1. The number of carbonyl (C=O) groups excluding carboxylic acids is 1. The topological polar surface area (TPSA) is 122 Å². The van der Waals surface area contributed by atoms with Gasteiger partial charge in [-0.1, -0.05) is 17.7 Å². The highest BCUT2D eigenvalue weighted by atomic mass is 16.3. The van der Waals surface area contributed by atoms with Gasteiger partial charge in [0.25, 0.3) is 5.91 Å². The first-order valence-corrected chi connectivity index (χ1v) is 10.5. The number of rotatable bonds is 7. The summed E-state index contributed by atoms with van der Waals surface area (Å²) in [6.07, 6.45) is 15.2. The smallest absolute Gasteiger partial charge is 0.252 e. The molecule has 1 aliphatic rings. The Labute approximate surface area is 191 Å². The maximum absolute atomic E-state index is 12.4. The zero-order chi connectivity index (χ0) is 23.2. The number of aryl methyl sites for hydroxylation is 1. The average molecular weight is 441 g/mol. The van der Waals surface area contributed by atoms with Gasteiger partial charge in [0.15, 0.2) is 5.82 Å². The monoisotopic (exact) mass is 441 g/mol. The number of aromatic nitrogens is 5. The molecule has 0 saturated carbocycles. The van der Waals surface area contributed by atoms with Crippen LogP contribution in [-0.4, -0.2) is 41.9 Å². The zero-order valence-corrected chi connectivity index (χ0v) is 18.1. The highest BCUT2D eigenvalue weighted by Gasteiger charge is 2.17. The van der Waals surface area contributed by atoms with E-state index >= 15 is 0 Å². The molecule has 0 aromatic carbocycles. The first kappa shape index (κ1) is 21.8. The summed E-state index contributed by atoms with van der Waals surface area (Å²) in [5, 5.41) is 27.1. The Morgan fingerprint density at radius 3 is 2.91 bits per heavy atom. The standard InChI is InChI=1S/C24H23N7O2/c1-17-3-4-18(13-25)5-7-20(17)21-15-29-31(24(21)33)22-8-6-19(14-28-22)23(32)27-9-2-11-30-12-10-26-16-30/h4-8,10,12,14-16,33H,2-3,9,11H2,1H3,(H,27,32). The van der Waals surface area contributed by atoms with Gasteiger partial charge in [-0.15, -0.1) is 0 Å². The van der Waals surface area contributed by atoms with Crippen LogP contribution in [0.15, 0.2) is 72.6 Å². The molecule has 33 heavy (non-hydrogen) atoms. The molecule has 1 aliphatic carbocycles. The van der Waals surface area contributed by atoms with Crippen molar-refractivity contribution in [3.63, 3.8) is 0 Å². The minimum absolute atomic E-state index is 0.0568. The third-order valence-electron chi connectivity index (χ3n) is 5.35. The van der Waals surface area contributed by atoms with Gasteiger partial charge >= 0.3 is 0 Å². The fourth-order valence-corrected chi connectivity index (χ4v) is 3.49. The summed E-state index contributed by atoms with van der Waals surface area (Å²) in [4.78, 5) is 20.7. The third kappa shape index (κ3) is 4.91. The van der Waals surface area contributed by atoms with Crippen LogP contribution >= 0.6 is 0 Å². The molecule has 0 bridgehead atoms. The number of hydrogen-bond donors (Lipinski definition) is 2. The molecule has 0 fully saturated rings. The van der Waals surface area contributed by atoms with E-state index in [4.69, 9.17) is 5.26 Å². The van der Waals surface area contributed by atoms with Gasteiger partial charge in [0.2, 0.25) is 5.88 Å². The minimum atomic E-state index is -0.213. The first-order valence-electron chi connectivity index (χ1n) is 10.5. The minimum Gasteiger partial charge on any atom is -0.493 e. The second-order valence-corrected chi connectivity index (χ2v) is 7.61. The number of aromatic hydroxyl groups is 1. The highest BCUT2D eigenvalue weighted by Crippen LogP contribution is 2.32. The van der Waals surface area contributed by atoms with E-state index in [2.05, 4.69) is 26.5 Å². The molecule has 0 radical (unpaired) electrons. The Bertz CT molecular complexity index is 1270. The lowest BCUT2D eigenvalue weighted by Crippen LogP contribution is -2.25. The molecule has 9 nitrogen and oxygen atoms in total. The Kier molecular flexibility index (Phi) is 6.45. The molecule has 0 aliphatic heterocycles. The number of nitrogens with zero attached hydrogens (tertiary/aromatic N) is 6. The van der Waals surface area contributed by atoms with Crippen molar-refractivity contribution in [1.82, 2.24) is 29.6 Å². The van der Waals surface area contributed by atoms with Crippen molar-refractivity contribution in [3.8, 4) is 17.8 Å². The van der Waals surface area contributed by atoms with Crippen LogP contribution in [0.25, 0.3) is 11.4 Å². The summed E-state index contributed by atoms with van der Waals surface area (Å²) in [6.45, 7) is 3.26. The van der Waals surface area contributed by atoms with Crippen LogP contribution in [0.3, 0.4) is 0 Å². The molecule has 166 valence electrons. The second kappa shape index (κ2) is 9.78. The molecular weight excluding hydrogens is 418 g/mol. The van der Waals surface area contributed by atoms with E-state index in [9.17, 15) is 9.90 Å². The number of amides is 1. The number of hydrogen-bond acceptors (Lipinski definition) is 6. The Balaban J connectivity index is 1.43. The van der Waals surface area contributed by atoms with E-state index in [0.29, 0.717) is 35.5 Å². The zero-order valence-electron chi connectivity index (χ0n) is 18.1. The van der Waals surface area contributed by atoms with Crippen molar-refractivity contribution in [2.24, 2.45) is 0 Å². The summed E-state index contributed by atoms with van der Waals surface area (Å²) in [5.74, 6) is 0.121. The normalized spacial score (nSPS) is 13.4.